The van der Waals surface area contributed by atoms with Gasteiger partial charge in [0.15, 0.2) is 5.82 Å². The Morgan fingerprint density at radius 3 is 2.82 bits per heavy atom. The lowest BCUT2D eigenvalue weighted by Crippen LogP contribution is -2.09. The molecule has 88 valence electrons. The Morgan fingerprint density at radius 2 is 2.18 bits per heavy atom. The van der Waals surface area contributed by atoms with Crippen molar-refractivity contribution in [1.29, 1.82) is 0 Å². The zero-order chi connectivity index (χ0) is 12.1. The van der Waals surface area contributed by atoms with Crippen LogP contribution in [0.5, 0.6) is 5.75 Å². The van der Waals surface area contributed by atoms with E-state index in [0.29, 0.717) is 12.4 Å². The van der Waals surface area contributed by atoms with Crippen LogP contribution in [-0.4, -0.2) is 9.97 Å². The maximum Gasteiger partial charge on any atom is 0.158 e. The molecule has 5 nitrogen and oxygen atoms in total. The maximum atomic E-state index is 5.59. The normalized spacial score (nSPS) is 10.0. The van der Waals surface area contributed by atoms with Crippen LogP contribution in [0.2, 0.25) is 0 Å². The molecule has 0 amide bonds. The average molecular weight is 342 g/mol. The van der Waals surface area contributed by atoms with Crippen LogP contribution in [0.25, 0.3) is 0 Å². The molecule has 0 unspecified atom stereocenters. The van der Waals surface area contributed by atoms with Crippen LogP contribution in [0.1, 0.15) is 5.69 Å². The van der Waals surface area contributed by atoms with Crippen molar-refractivity contribution in [2.45, 2.75) is 6.61 Å². The third kappa shape index (κ3) is 3.53. The number of aromatic nitrogens is 2. The molecule has 0 aliphatic heterocycles. The highest BCUT2D eigenvalue weighted by Gasteiger charge is 1.99. The second-order valence-corrected chi connectivity index (χ2v) is 4.53. The quantitative estimate of drug-likeness (QED) is 0.505. The number of nitrogens with two attached hydrogens (primary N) is 1. The first-order valence-corrected chi connectivity index (χ1v) is 6.02. The van der Waals surface area contributed by atoms with E-state index in [0.717, 1.165) is 15.0 Å². The first kappa shape index (κ1) is 12.1. The number of ether oxygens (including phenoxy) is 1. The van der Waals surface area contributed by atoms with Crippen molar-refractivity contribution in [2.75, 3.05) is 5.43 Å². The molecule has 0 atom stereocenters. The number of hydrogen-bond acceptors (Lipinski definition) is 5. The minimum absolute atomic E-state index is 0.387. The second-order valence-electron chi connectivity index (χ2n) is 3.28. The van der Waals surface area contributed by atoms with Crippen LogP contribution in [0.3, 0.4) is 0 Å². The Kier molecular flexibility index (Phi) is 4.10. The highest BCUT2D eigenvalue weighted by atomic mass is 127. The predicted octanol–water partition coefficient (Wildman–Crippen LogP) is 1.95. The Hall–Kier alpha value is -1.41. The van der Waals surface area contributed by atoms with Crippen molar-refractivity contribution in [3.8, 4) is 5.75 Å². The molecule has 17 heavy (non-hydrogen) atoms. The zero-order valence-corrected chi connectivity index (χ0v) is 11.1. The van der Waals surface area contributed by atoms with Crippen LogP contribution in [0, 0.1) is 3.57 Å². The average Bonchev–Trinajstić information content (AvgIpc) is 2.37. The van der Waals surface area contributed by atoms with E-state index >= 15 is 0 Å². The fourth-order valence-corrected chi connectivity index (χ4v) is 1.73. The van der Waals surface area contributed by atoms with E-state index in [1.807, 2.05) is 24.3 Å². The summed E-state index contributed by atoms with van der Waals surface area (Å²) in [5.41, 5.74) is 3.17. The Labute approximate surface area is 113 Å². The molecule has 0 bridgehead atoms. The highest BCUT2D eigenvalue weighted by Crippen LogP contribution is 2.15. The lowest BCUT2D eigenvalue weighted by atomic mass is 10.3. The lowest BCUT2D eigenvalue weighted by Gasteiger charge is -2.06. The monoisotopic (exact) mass is 342 g/mol. The molecule has 0 aliphatic carbocycles. The molecule has 0 saturated heterocycles. The van der Waals surface area contributed by atoms with E-state index in [2.05, 4.69) is 38.0 Å². The molecule has 1 aromatic heterocycles. The molecular weight excluding hydrogens is 331 g/mol. The van der Waals surface area contributed by atoms with Crippen LogP contribution < -0.4 is 16.0 Å². The third-order valence-electron chi connectivity index (χ3n) is 2.04. The Balaban J connectivity index is 1.97. The van der Waals surface area contributed by atoms with Gasteiger partial charge in [-0.15, -0.1) is 0 Å². The molecule has 0 fully saturated rings. The molecule has 0 saturated carbocycles. The van der Waals surface area contributed by atoms with Crippen LogP contribution >= 0.6 is 22.6 Å². The van der Waals surface area contributed by atoms with E-state index in [4.69, 9.17) is 10.6 Å². The molecular formula is C11H11IN4O. The molecule has 0 spiro atoms. The number of benzene rings is 1. The summed E-state index contributed by atoms with van der Waals surface area (Å²) in [5, 5.41) is 0. The first-order chi connectivity index (χ1) is 8.28. The number of hydrazine groups is 1. The summed E-state index contributed by atoms with van der Waals surface area (Å²) in [4.78, 5) is 8.20. The first-order valence-electron chi connectivity index (χ1n) is 4.94. The van der Waals surface area contributed by atoms with Gasteiger partial charge in [0.05, 0.1) is 18.1 Å². The van der Waals surface area contributed by atoms with Crippen LogP contribution in [0.15, 0.2) is 36.7 Å². The van der Waals surface area contributed by atoms with Gasteiger partial charge >= 0.3 is 0 Å². The molecule has 2 rings (SSSR count). The molecule has 6 heteroatoms. The highest BCUT2D eigenvalue weighted by molar-refractivity contribution is 14.1. The summed E-state index contributed by atoms with van der Waals surface area (Å²) in [7, 11) is 0. The molecule has 3 N–H and O–H groups in total. The van der Waals surface area contributed by atoms with E-state index < -0.39 is 0 Å². The van der Waals surface area contributed by atoms with Crippen molar-refractivity contribution >= 4 is 28.4 Å². The van der Waals surface area contributed by atoms with Gasteiger partial charge in [-0.05, 0) is 40.8 Å². The number of nitrogen functional groups attached to an aromatic ring is 1. The summed E-state index contributed by atoms with van der Waals surface area (Å²) < 4.78 is 6.72. The van der Waals surface area contributed by atoms with Gasteiger partial charge in [0.25, 0.3) is 0 Å². The SMILES string of the molecule is NNc1cnc(COc2cccc(I)c2)cn1. The number of nitrogens with zero attached hydrogens (tertiary/aromatic N) is 2. The van der Waals surface area contributed by atoms with Gasteiger partial charge in [-0.1, -0.05) is 6.07 Å². The minimum atomic E-state index is 0.387. The van der Waals surface area contributed by atoms with Gasteiger partial charge in [-0.2, -0.15) is 0 Å². The molecule has 1 heterocycles. The van der Waals surface area contributed by atoms with Crippen LogP contribution in [0.4, 0.5) is 5.82 Å². The van der Waals surface area contributed by atoms with Crippen molar-refractivity contribution in [1.82, 2.24) is 9.97 Å². The van der Waals surface area contributed by atoms with Crippen LogP contribution in [-0.2, 0) is 6.61 Å². The van der Waals surface area contributed by atoms with Gasteiger partial charge in [-0.3, -0.25) is 4.98 Å². The molecule has 0 radical (unpaired) electrons. The molecule has 1 aromatic carbocycles. The standard InChI is InChI=1S/C11H11IN4O/c12-8-2-1-3-10(4-8)17-7-9-5-15-11(16-13)6-14-9/h1-6H,7,13H2,(H,15,16). The summed E-state index contributed by atoms with van der Waals surface area (Å²) in [6.45, 7) is 0.387. The topological polar surface area (TPSA) is 73.1 Å². The number of halogens is 1. The second kappa shape index (κ2) is 5.78. The van der Waals surface area contributed by atoms with Gasteiger partial charge < -0.3 is 10.2 Å². The van der Waals surface area contributed by atoms with Crippen molar-refractivity contribution in [3.63, 3.8) is 0 Å². The van der Waals surface area contributed by atoms with Crippen molar-refractivity contribution in [3.05, 3.63) is 45.9 Å². The van der Waals surface area contributed by atoms with Crippen molar-refractivity contribution < 1.29 is 4.74 Å². The summed E-state index contributed by atoms with van der Waals surface area (Å²) in [6.07, 6.45) is 3.19. The Morgan fingerprint density at radius 1 is 1.29 bits per heavy atom. The summed E-state index contributed by atoms with van der Waals surface area (Å²) in [6, 6.07) is 7.83. The fraction of sp³-hybridized carbons (Fsp3) is 0.0909. The fourth-order valence-electron chi connectivity index (χ4n) is 1.22. The van der Waals surface area contributed by atoms with Gasteiger partial charge in [0.1, 0.15) is 12.4 Å². The van der Waals surface area contributed by atoms with Gasteiger partial charge in [0.2, 0.25) is 0 Å². The molecule has 0 aliphatic rings. The molecule has 2 aromatic rings. The zero-order valence-electron chi connectivity index (χ0n) is 8.93. The van der Waals surface area contributed by atoms with E-state index in [9.17, 15) is 0 Å². The third-order valence-corrected chi connectivity index (χ3v) is 2.71. The van der Waals surface area contributed by atoms with Crippen molar-refractivity contribution in [2.24, 2.45) is 5.84 Å². The number of hydrogen-bond donors (Lipinski definition) is 2. The number of anilines is 1. The predicted molar refractivity (Wildman–Crippen MR) is 73.3 cm³/mol. The Bertz CT molecular complexity index is 489. The summed E-state index contributed by atoms with van der Waals surface area (Å²) in [5.74, 6) is 6.55. The van der Waals surface area contributed by atoms with E-state index in [1.54, 1.807) is 12.4 Å². The lowest BCUT2D eigenvalue weighted by molar-refractivity contribution is 0.300. The minimum Gasteiger partial charge on any atom is -0.487 e. The van der Waals surface area contributed by atoms with Gasteiger partial charge in [-0.25, -0.2) is 10.8 Å². The largest absolute Gasteiger partial charge is 0.487 e. The van der Waals surface area contributed by atoms with E-state index in [1.165, 1.54) is 0 Å². The smallest absolute Gasteiger partial charge is 0.158 e. The maximum absolute atomic E-state index is 5.59. The number of nitrogens with one attached hydrogen (secondary N) is 1. The van der Waals surface area contributed by atoms with Gasteiger partial charge in [0, 0.05) is 3.57 Å². The summed E-state index contributed by atoms with van der Waals surface area (Å²) >= 11 is 2.24. The van der Waals surface area contributed by atoms with E-state index in [-0.39, 0.29) is 0 Å². The number of rotatable bonds is 4.